The second-order valence-electron chi connectivity index (χ2n) is 3.46. The fourth-order valence-electron chi connectivity index (χ4n) is 1.55. The first-order chi connectivity index (χ1) is 7.50. The third kappa shape index (κ3) is 1.44. The minimum atomic E-state index is -1.29. The molecule has 1 N–H and O–H groups in total. The molecule has 0 atom stereocenters. The highest BCUT2D eigenvalue weighted by Gasteiger charge is 2.13. The number of rotatable bonds is 1. The van der Waals surface area contributed by atoms with Crippen LogP contribution >= 0.6 is 0 Å². The van der Waals surface area contributed by atoms with Crippen molar-refractivity contribution in [2.45, 2.75) is 13.8 Å². The highest BCUT2D eigenvalue weighted by atomic mass is 16.4. The zero-order valence-corrected chi connectivity index (χ0v) is 8.76. The van der Waals surface area contributed by atoms with Gasteiger partial charge in [0.05, 0.1) is 6.20 Å². The third-order valence-electron chi connectivity index (χ3n) is 2.22. The van der Waals surface area contributed by atoms with E-state index in [0.717, 1.165) is 11.9 Å². The summed E-state index contributed by atoms with van der Waals surface area (Å²) in [5.74, 6) is -1.07. The van der Waals surface area contributed by atoms with Gasteiger partial charge in [-0.3, -0.25) is 4.79 Å². The van der Waals surface area contributed by atoms with Gasteiger partial charge in [-0.1, -0.05) is 0 Å². The molecule has 0 aliphatic heterocycles. The van der Waals surface area contributed by atoms with Crippen LogP contribution in [0.3, 0.4) is 0 Å². The minimum Gasteiger partial charge on any atom is -0.477 e. The molecule has 16 heavy (non-hydrogen) atoms. The maximum absolute atomic E-state index is 11.8. The topological polar surface area (TPSA) is 84.6 Å². The van der Waals surface area contributed by atoms with Crippen LogP contribution in [0.25, 0.3) is 5.78 Å². The molecule has 6 nitrogen and oxygen atoms in total. The zero-order valence-electron chi connectivity index (χ0n) is 8.76. The quantitative estimate of drug-likeness (QED) is 0.750. The summed E-state index contributed by atoms with van der Waals surface area (Å²) in [6.07, 6.45) is 1.03. The molecule has 82 valence electrons. The summed E-state index contributed by atoms with van der Waals surface area (Å²) in [5.41, 5.74) is 0.379. The van der Waals surface area contributed by atoms with Crippen molar-refractivity contribution in [2.75, 3.05) is 0 Å². The SMILES string of the molecule is Cc1cc(C)n2c(=O)c(C(=O)O)cnc2n1. The molecule has 0 aromatic carbocycles. The summed E-state index contributed by atoms with van der Waals surface area (Å²) < 4.78 is 1.19. The number of hydrogen-bond acceptors (Lipinski definition) is 4. The molecular weight excluding hydrogens is 210 g/mol. The van der Waals surface area contributed by atoms with E-state index in [1.165, 1.54) is 4.40 Å². The third-order valence-corrected chi connectivity index (χ3v) is 2.22. The molecule has 2 rings (SSSR count). The fourth-order valence-corrected chi connectivity index (χ4v) is 1.55. The van der Waals surface area contributed by atoms with E-state index in [1.807, 2.05) is 0 Å². The molecule has 0 saturated carbocycles. The minimum absolute atomic E-state index is 0.215. The highest BCUT2D eigenvalue weighted by Crippen LogP contribution is 2.02. The van der Waals surface area contributed by atoms with Gasteiger partial charge in [0.25, 0.3) is 5.56 Å². The van der Waals surface area contributed by atoms with E-state index in [1.54, 1.807) is 19.9 Å². The summed E-state index contributed by atoms with van der Waals surface area (Å²) in [6, 6.07) is 1.70. The number of aryl methyl sites for hydroxylation is 2. The Bertz CT molecular complexity index is 646. The fraction of sp³-hybridized carbons (Fsp3) is 0.200. The van der Waals surface area contributed by atoms with Crippen LogP contribution in [0.5, 0.6) is 0 Å². The molecule has 0 spiro atoms. The van der Waals surface area contributed by atoms with Crippen LogP contribution in [0, 0.1) is 13.8 Å². The number of hydrogen-bond donors (Lipinski definition) is 1. The van der Waals surface area contributed by atoms with Crippen molar-refractivity contribution in [3.05, 3.63) is 39.6 Å². The smallest absolute Gasteiger partial charge is 0.342 e. The van der Waals surface area contributed by atoms with Crippen molar-refractivity contribution in [1.29, 1.82) is 0 Å². The van der Waals surface area contributed by atoms with Gasteiger partial charge >= 0.3 is 5.97 Å². The molecule has 0 saturated heterocycles. The van der Waals surface area contributed by atoms with Crippen LogP contribution in [0.15, 0.2) is 17.1 Å². The monoisotopic (exact) mass is 219 g/mol. The van der Waals surface area contributed by atoms with Gasteiger partial charge in [0.15, 0.2) is 0 Å². The zero-order chi connectivity index (χ0) is 11.9. The lowest BCUT2D eigenvalue weighted by Crippen LogP contribution is -2.25. The molecule has 0 aliphatic carbocycles. The first-order valence-electron chi connectivity index (χ1n) is 4.60. The molecule has 0 aliphatic rings. The number of aromatic nitrogens is 3. The molecule has 2 aromatic rings. The molecule has 2 aromatic heterocycles. The van der Waals surface area contributed by atoms with Crippen molar-refractivity contribution < 1.29 is 9.90 Å². The van der Waals surface area contributed by atoms with Crippen LogP contribution in [-0.4, -0.2) is 25.4 Å². The van der Waals surface area contributed by atoms with Crippen molar-refractivity contribution >= 4 is 11.7 Å². The van der Waals surface area contributed by atoms with Crippen molar-refractivity contribution in [1.82, 2.24) is 14.4 Å². The molecule has 0 bridgehead atoms. The first-order valence-corrected chi connectivity index (χ1v) is 4.60. The Morgan fingerprint density at radius 1 is 1.44 bits per heavy atom. The van der Waals surface area contributed by atoms with Gasteiger partial charge in [-0.25, -0.2) is 19.2 Å². The number of nitrogens with zero attached hydrogens (tertiary/aromatic N) is 3. The van der Waals surface area contributed by atoms with E-state index >= 15 is 0 Å². The van der Waals surface area contributed by atoms with Crippen LogP contribution in [0.1, 0.15) is 21.7 Å². The number of carbonyl (C=O) groups is 1. The summed E-state index contributed by atoms with van der Waals surface area (Å²) >= 11 is 0. The summed E-state index contributed by atoms with van der Waals surface area (Å²) in [6.45, 7) is 3.49. The molecule has 6 heteroatoms. The van der Waals surface area contributed by atoms with E-state index < -0.39 is 11.5 Å². The Morgan fingerprint density at radius 3 is 2.75 bits per heavy atom. The van der Waals surface area contributed by atoms with Crippen molar-refractivity contribution in [3.63, 3.8) is 0 Å². The van der Waals surface area contributed by atoms with Gasteiger partial charge in [-0.15, -0.1) is 0 Å². The highest BCUT2D eigenvalue weighted by molar-refractivity contribution is 5.86. The Labute approximate surface area is 90.2 Å². The van der Waals surface area contributed by atoms with E-state index in [0.29, 0.717) is 5.69 Å². The van der Waals surface area contributed by atoms with Gasteiger partial charge in [0.1, 0.15) is 5.56 Å². The van der Waals surface area contributed by atoms with Crippen LogP contribution < -0.4 is 5.56 Å². The molecule has 0 unspecified atom stereocenters. The Kier molecular flexibility index (Phi) is 2.19. The lowest BCUT2D eigenvalue weighted by atomic mass is 10.3. The van der Waals surface area contributed by atoms with Crippen molar-refractivity contribution in [2.24, 2.45) is 0 Å². The van der Waals surface area contributed by atoms with Gasteiger partial charge in [0.2, 0.25) is 5.78 Å². The predicted octanol–water partition coefficient (Wildman–Crippen LogP) is 0.405. The molecule has 0 fully saturated rings. The van der Waals surface area contributed by atoms with E-state index in [9.17, 15) is 9.59 Å². The van der Waals surface area contributed by atoms with Gasteiger partial charge < -0.3 is 5.11 Å². The van der Waals surface area contributed by atoms with Crippen LogP contribution in [0.4, 0.5) is 0 Å². The standard InChI is InChI=1S/C10H9N3O3/c1-5-3-6(2)13-8(14)7(9(15)16)4-11-10(13)12-5/h3-4H,1-2H3,(H,15,16). The number of carboxylic acids is 1. The van der Waals surface area contributed by atoms with Gasteiger partial charge in [-0.05, 0) is 19.9 Å². The maximum atomic E-state index is 11.8. The number of aromatic carboxylic acids is 1. The second kappa shape index (κ2) is 3.41. The summed E-state index contributed by atoms with van der Waals surface area (Å²) in [7, 11) is 0. The van der Waals surface area contributed by atoms with Crippen LogP contribution in [0.2, 0.25) is 0 Å². The molecular formula is C10H9N3O3. The van der Waals surface area contributed by atoms with E-state index in [4.69, 9.17) is 5.11 Å². The molecule has 0 amide bonds. The predicted molar refractivity (Wildman–Crippen MR) is 55.7 cm³/mol. The lowest BCUT2D eigenvalue weighted by Gasteiger charge is -2.05. The second-order valence-corrected chi connectivity index (χ2v) is 3.46. The number of fused-ring (bicyclic) bond motifs is 1. The first kappa shape index (κ1) is 10.3. The normalized spacial score (nSPS) is 10.6. The Morgan fingerprint density at radius 2 is 2.12 bits per heavy atom. The molecule has 0 radical (unpaired) electrons. The largest absolute Gasteiger partial charge is 0.477 e. The Balaban J connectivity index is 2.95. The van der Waals surface area contributed by atoms with E-state index in [-0.39, 0.29) is 11.3 Å². The van der Waals surface area contributed by atoms with Crippen LogP contribution in [-0.2, 0) is 0 Å². The lowest BCUT2D eigenvalue weighted by molar-refractivity contribution is 0.0694. The molecule has 2 heterocycles. The number of carboxylic acid groups (broad SMARTS) is 1. The maximum Gasteiger partial charge on any atom is 0.342 e. The average Bonchev–Trinajstić information content (AvgIpc) is 2.15. The average molecular weight is 219 g/mol. The van der Waals surface area contributed by atoms with Gasteiger partial charge in [-0.2, -0.15) is 0 Å². The Hall–Kier alpha value is -2.24. The summed E-state index contributed by atoms with van der Waals surface area (Å²) in [5, 5.41) is 8.80. The van der Waals surface area contributed by atoms with E-state index in [2.05, 4.69) is 9.97 Å². The summed E-state index contributed by atoms with van der Waals surface area (Å²) in [4.78, 5) is 30.5. The van der Waals surface area contributed by atoms with Gasteiger partial charge in [0, 0.05) is 11.4 Å². The van der Waals surface area contributed by atoms with Crippen molar-refractivity contribution in [3.8, 4) is 0 Å².